The fourth-order valence-corrected chi connectivity index (χ4v) is 0.851. The third-order valence-corrected chi connectivity index (χ3v) is 1.70. The second-order valence-corrected chi connectivity index (χ2v) is 2.51. The van der Waals surface area contributed by atoms with E-state index in [0.29, 0.717) is 0 Å². The molecule has 0 nitrogen and oxygen atoms in total. The summed E-state index contributed by atoms with van der Waals surface area (Å²) in [6.07, 6.45) is 0. The van der Waals surface area contributed by atoms with Gasteiger partial charge in [-0.2, -0.15) is 0 Å². The molecule has 0 heterocycles. The number of hydrogen-bond acceptors (Lipinski definition) is 0. The van der Waals surface area contributed by atoms with Crippen molar-refractivity contribution in [1.29, 1.82) is 0 Å². The van der Waals surface area contributed by atoms with Crippen LogP contribution in [-0.2, 0) is 0 Å². The van der Waals surface area contributed by atoms with E-state index in [1.54, 1.807) is 0 Å². The van der Waals surface area contributed by atoms with E-state index in [-0.39, 0.29) is 0 Å². The van der Waals surface area contributed by atoms with Crippen molar-refractivity contribution in [2.75, 3.05) is 0 Å². The summed E-state index contributed by atoms with van der Waals surface area (Å²) < 4.78 is 50.6. The first-order valence-corrected chi connectivity index (χ1v) is 6.26. The Morgan fingerprint density at radius 2 is 0.556 bits per heavy atom. The highest BCUT2D eigenvalue weighted by atomic mass is 19.2. The number of halogens is 4. The van der Waals surface area contributed by atoms with Crippen LogP contribution in [0.4, 0.5) is 17.6 Å². The number of benzene rings is 1. The summed E-state index contributed by atoms with van der Waals surface area (Å²) in [6, 6.07) is 0. The van der Waals surface area contributed by atoms with Crippen LogP contribution >= 0.6 is 0 Å². The smallest absolute Gasteiger partial charge is 0.165 e. The first-order valence-electron chi connectivity index (χ1n) is 6.26. The molecule has 0 aliphatic carbocycles. The van der Waals surface area contributed by atoms with Crippen molar-refractivity contribution >= 4 is 0 Å². The lowest BCUT2D eigenvalue weighted by molar-refractivity contribution is 0.436. The molecule has 0 amide bonds. The lowest BCUT2D eigenvalue weighted by Crippen LogP contribution is -2.02. The average Bonchev–Trinajstić information content (AvgIpc) is 2.47. The fraction of sp³-hybridized carbons (Fsp3) is 0.571. The number of rotatable bonds is 0. The molecular weight excluding hydrogens is 244 g/mol. The van der Waals surface area contributed by atoms with Gasteiger partial charge in [0.25, 0.3) is 0 Å². The van der Waals surface area contributed by atoms with Crippen LogP contribution in [-0.4, -0.2) is 0 Å². The van der Waals surface area contributed by atoms with E-state index in [2.05, 4.69) is 0 Å². The normalized spacial score (nSPS) is 8.00. The molecule has 0 aliphatic heterocycles. The minimum Gasteiger partial charge on any atom is -0.203 e. The zero-order valence-corrected chi connectivity index (χ0v) is 12.5. The van der Waals surface area contributed by atoms with Gasteiger partial charge in [0.15, 0.2) is 23.3 Å². The molecule has 0 aliphatic rings. The van der Waals surface area contributed by atoms with Gasteiger partial charge in [0, 0.05) is 11.1 Å². The molecule has 0 N–H and O–H groups in total. The third-order valence-electron chi connectivity index (χ3n) is 1.70. The summed E-state index contributed by atoms with van der Waals surface area (Å²) >= 11 is 0. The molecule has 0 aromatic heterocycles. The van der Waals surface area contributed by atoms with Gasteiger partial charge >= 0.3 is 0 Å². The molecule has 0 saturated carbocycles. The van der Waals surface area contributed by atoms with Gasteiger partial charge in [0.2, 0.25) is 0 Å². The van der Waals surface area contributed by atoms with Gasteiger partial charge in [0.05, 0.1) is 0 Å². The lowest BCUT2D eigenvalue weighted by atomic mass is 10.1. The van der Waals surface area contributed by atoms with Crippen LogP contribution in [0.2, 0.25) is 0 Å². The Balaban J connectivity index is -0.000000328. The van der Waals surface area contributed by atoms with Crippen molar-refractivity contribution in [3.63, 3.8) is 0 Å². The summed E-state index contributed by atoms with van der Waals surface area (Å²) in [5, 5.41) is 0. The highest BCUT2D eigenvalue weighted by molar-refractivity contribution is 5.27. The van der Waals surface area contributed by atoms with E-state index in [4.69, 9.17) is 0 Å². The van der Waals surface area contributed by atoms with Gasteiger partial charge in [-0.3, -0.25) is 0 Å². The van der Waals surface area contributed by atoms with E-state index in [1.165, 1.54) is 0 Å². The Bertz CT molecular complexity index is 228. The van der Waals surface area contributed by atoms with Crippen molar-refractivity contribution in [2.45, 2.75) is 55.4 Å². The molecule has 0 radical (unpaired) electrons. The Labute approximate surface area is 108 Å². The van der Waals surface area contributed by atoms with Crippen molar-refractivity contribution in [3.05, 3.63) is 34.4 Å². The molecule has 0 spiro atoms. The van der Waals surface area contributed by atoms with Gasteiger partial charge in [-0.15, -0.1) is 0 Å². The van der Waals surface area contributed by atoms with E-state index in [9.17, 15) is 17.6 Å². The zero-order valence-electron chi connectivity index (χ0n) is 12.5. The topological polar surface area (TPSA) is 0 Å². The Morgan fingerprint density at radius 3 is 0.667 bits per heavy atom. The summed E-state index contributed by atoms with van der Waals surface area (Å²) in [5.74, 6) is -5.31. The lowest BCUT2D eigenvalue weighted by Gasteiger charge is -2.04. The minimum absolute atomic E-state index is 0.629. The van der Waals surface area contributed by atoms with Gasteiger partial charge in [-0.1, -0.05) is 41.5 Å². The maximum atomic E-state index is 12.7. The van der Waals surface area contributed by atoms with Gasteiger partial charge in [0.1, 0.15) is 0 Å². The van der Waals surface area contributed by atoms with Crippen LogP contribution in [0.15, 0.2) is 0 Å². The summed E-state index contributed by atoms with van der Waals surface area (Å²) in [7, 11) is 0. The molecule has 108 valence electrons. The second-order valence-electron chi connectivity index (χ2n) is 2.51. The standard InChI is InChI=1S/C8H6F4.3C2H6/c1-3-5(9)7(11)4(2)8(12)6(3)10;3*1-2/h1-2H3;3*1-2H3. The Hall–Kier alpha value is -1.06. The van der Waals surface area contributed by atoms with Crippen LogP contribution in [0.25, 0.3) is 0 Å². The van der Waals surface area contributed by atoms with Gasteiger partial charge in [-0.25, -0.2) is 17.6 Å². The highest BCUT2D eigenvalue weighted by Gasteiger charge is 2.19. The van der Waals surface area contributed by atoms with Crippen LogP contribution < -0.4 is 0 Å². The van der Waals surface area contributed by atoms with Crippen LogP contribution in [0.5, 0.6) is 0 Å². The second kappa shape index (κ2) is 12.4. The average molecular weight is 268 g/mol. The van der Waals surface area contributed by atoms with Crippen LogP contribution in [0.1, 0.15) is 52.7 Å². The quantitative estimate of drug-likeness (QED) is 0.403. The molecule has 0 fully saturated rings. The predicted molar refractivity (Wildman–Crippen MR) is 69.8 cm³/mol. The largest absolute Gasteiger partial charge is 0.203 e. The maximum Gasteiger partial charge on any atom is 0.165 e. The molecule has 0 atom stereocenters. The molecule has 0 saturated heterocycles. The predicted octanol–water partition coefficient (Wildman–Crippen LogP) is 5.94. The summed E-state index contributed by atoms with van der Waals surface area (Å²) in [6.45, 7) is 14.0. The van der Waals surface area contributed by atoms with Crippen LogP contribution in [0.3, 0.4) is 0 Å². The van der Waals surface area contributed by atoms with Gasteiger partial charge < -0.3 is 0 Å². The van der Waals surface area contributed by atoms with Crippen molar-refractivity contribution < 1.29 is 17.6 Å². The minimum atomic E-state index is -1.33. The van der Waals surface area contributed by atoms with E-state index in [0.717, 1.165) is 13.8 Å². The van der Waals surface area contributed by atoms with Crippen molar-refractivity contribution in [1.82, 2.24) is 0 Å². The Kier molecular flexibility index (Phi) is 15.3. The Morgan fingerprint density at radius 1 is 0.444 bits per heavy atom. The molecule has 1 aromatic rings. The highest BCUT2D eigenvalue weighted by Crippen LogP contribution is 2.22. The SMILES string of the molecule is CC.CC.CC.Cc1c(F)c(F)c(C)c(F)c1F. The monoisotopic (exact) mass is 268 g/mol. The summed E-state index contributed by atoms with van der Waals surface area (Å²) in [5.41, 5.74) is -1.26. The molecule has 1 rings (SSSR count). The maximum absolute atomic E-state index is 12.7. The molecule has 18 heavy (non-hydrogen) atoms. The van der Waals surface area contributed by atoms with Crippen molar-refractivity contribution in [2.24, 2.45) is 0 Å². The first-order chi connectivity index (χ1) is 8.46. The van der Waals surface area contributed by atoms with Crippen molar-refractivity contribution in [3.8, 4) is 0 Å². The molecule has 4 heteroatoms. The van der Waals surface area contributed by atoms with E-state index in [1.807, 2.05) is 41.5 Å². The fourth-order valence-electron chi connectivity index (χ4n) is 0.851. The zero-order chi connectivity index (χ0) is 15.5. The van der Waals surface area contributed by atoms with Crippen LogP contribution in [0, 0.1) is 37.1 Å². The molecule has 0 unspecified atom stereocenters. The first kappa shape index (κ1) is 22.1. The molecule has 0 bridgehead atoms. The number of hydrogen-bond donors (Lipinski definition) is 0. The third kappa shape index (κ3) is 5.52. The van der Waals surface area contributed by atoms with E-state index < -0.39 is 34.4 Å². The van der Waals surface area contributed by atoms with Gasteiger partial charge in [-0.05, 0) is 13.8 Å². The molecule has 1 aromatic carbocycles. The molecular formula is C14H24F4. The van der Waals surface area contributed by atoms with E-state index >= 15 is 0 Å². The summed E-state index contributed by atoms with van der Waals surface area (Å²) in [4.78, 5) is 0.